The van der Waals surface area contributed by atoms with Crippen LogP contribution in [0.2, 0.25) is 0 Å². The van der Waals surface area contributed by atoms with Crippen molar-refractivity contribution in [3.05, 3.63) is 12.2 Å². The average molecular weight is 253 g/mol. The van der Waals surface area contributed by atoms with E-state index in [1.165, 1.54) is 0 Å². The smallest absolute Gasteiger partial charge is 0.328 e. The molecule has 0 unspecified atom stereocenters. The van der Waals surface area contributed by atoms with Gasteiger partial charge in [0.15, 0.2) is 0 Å². The molecule has 17 heavy (non-hydrogen) atoms. The fourth-order valence-electron chi connectivity index (χ4n) is 0.359. The van der Waals surface area contributed by atoms with Crippen LogP contribution in [-0.2, 0) is 19.3 Å². The van der Waals surface area contributed by atoms with Crippen molar-refractivity contribution in [2.24, 2.45) is 0 Å². The Labute approximate surface area is 96.8 Å². The van der Waals surface area contributed by atoms with Crippen LogP contribution in [0.15, 0.2) is 12.2 Å². The summed E-state index contributed by atoms with van der Waals surface area (Å²) >= 11 is 0. The second-order valence-corrected chi connectivity index (χ2v) is 2.24. The molecule has 0 bridgehead atoms. The van der Waals surface area contributed by atoms with Gasteiger partial charge in [0.1, 0.15) is 0 Å². The summed E-state index contributed by atoms with van der Waals surface area (Å²) in [6.45, 7) is 0.224. The molecular weight excluding hydrogens is 238 g/mol. The highest BCUT2D eigenvalue weighted by Gasteiger charge is 1.88. The van der Waals surface area contributed by atoms with Crippen LogP contribution < -0.4 is 5.64 Å². The maximum Gasteiger partial charge on any atom is 0.328 e. The third kappa shape index (κ3) is 25.1. The minimum atomic E-state index is -1.26. The molecule has 5 N–H and O–H groups in total. The van der Waals surface area contributed by atoms with Gasteiger partial charge in [-0.05, 0) is 0 Å². The Morgan fingerprint density at radius 1 is 0.941 bits per heavy atom. The molecule has 0 atom stereocenters. The van der Waals surface area contributed by atoms with Crippen molar-refractivity contribution in [3.63, 3.8) is 0 Å². The monoisotopic (exact) mass is 253 g/mol. The number of aliphatic hydroxyl groups is 2. The molecule has 0 aromatic carbocycles. The first-order valence-corrected chi connectivity index (χ1v) is 4.38. The Hall–Kier alpha value is -1.52. The zero-order valence-corrected chi connectivity index (χ0v) is 8.90. The molecule has 0 aliphatic heterocycles. The van der Waals surface area contributed by atoms with Gasteiger partial charge in [-0.25, -0.2) is 9.59 Å². The van der Waals surface area contributed by atoms with Gasteiger partial charge in [-0.1, -0.05) is 5.64 Å². The van der Waals surface area contributed by atoms with Gasteiger partial charge >= 0.3 is 11.9 Å². The fraction of sp³-hybridized carbons (Fsp3) is 0.500. The molecule has 0 aromatic rings. The molecule has 9 heteroatoms. The summed E-state index contributed by atoms with van der Waals surface area (Å²) in [7, 11) is 0. The average Bonchev–Trinajstić information content (AvgIpc) is 2.27. The topological polar surface area (TPSA) is 146 Å². The lowest BCUT2D eigenvalue weighted by Gasteiger charge is -2.01. The van der Waals surface area contributed by atoms with Gasteiger partial charge < -0.3 is 20.4 Å². The molecule has 0 saturated heterocycles. The number of aliphatic carboxylic acids is 2. The molecule has 9 nitrogen and oxygen atoms in total. The van der Waals surface area contributed by atoms with Crippen molar-refractivity contribution in [2.45, 2.75) is 0 Å². The quantitative estimate of drug-likeness (QED) is 0.191. The normalized spacial score (nSPS) is 9.76. The van der Waals surface area contributed by atoms with E-state index in [1.807, 2.05) is 0 Å². The van der Waals surface area contributed by atoms with E-state index < -0.39 is 11.9 Å². The molecule has 0 aromatic heterocycles. The second-order valence-electron chi connectivity index (χ2n) is 2.24. The van der Waals surface area contributed by atoms with Crippen molar-refractivity contribution < 1.29 is 39.7 Å². The molecule has 100 valence electrons. The first kappa shape index (κ1) is 17.9. The zero-order chi connectivity index (χ0) is 13.5. The number of rotatable bonds is 8. The summed E-state index contributed by atoms with van der Waals surface area (Å²) in [6.07, 6.45) is 1.12. The Morgan fingerprint density at radius 2 is 1.29 bits per heavy atom. The van der Waals surface area contributed by atoms with Crippen LogP contribution in [0.1, 0.15) is 0 Å². The van der Waals surface area contributed by atoms with Crippen molar-refractivity contribution in [1.82, 2.24) is 5.64 Å². The van der Waals surface area contributed by atoms with Crippen LogP contribution in [0.3, 0.4) is 0 Å². The third-order valence-electron chi connectivity index (χ3n) is 0.873. The van der Waals surface area contributed by atoms with E-state index in [2.05, 4.69) is 15.3 Å². The van der Waals surface area contributed by atoms with Crippen LogP contribution in [0.5, 0.6) is 0 Å². The van der Waals surface area contributed by atoms with Crippen LogP contribution in [0.25, 0.3) is 0 Å². The largest absolute Gasteiger partial charge is 0.478 e. The highest BCUT2D eigenvalue weighted by molar-refractivity contribution is 5.89. The molecular formula is C8H15NO8. The van der Waals surface area contributed by atoms with Crippen molar-refractivity contribution >= 4 is 11.9 Å². The van der Waals surface area contributed by atoms with Gasteiger partial charge in [-0.2, -0.15) is 0 Å². The van der Waals surface area contributed by atoms with Gasteiger partial charge in [-0.3, -0.25) is 9.68 Å². The van der Waals surface area contributed by atoms with Gasteiger partial charge in [0.05, 0.1) is 26.4 Å². The number of carbonyl (C=O) groups is 2. The summed E-state index contributed by atoms with van der Waals surface area (Å²) < 4.78 is 0. The first-order chi connectivity index (χ1) is 8.04. The van der Waals surface area contributed by atoms with E-state index in [9.17, 15) is 9.59 Å². The molecule has 0 aliphatic rings. The van der Waals surface area contributed by atoms with E-state index in [1.54, 1.807) is 0 Å². The Morgan fingerprint density at radius 3 is 1.53 bits per heavy atom. The molecule has 0 aliphatic carbocycles. The number of carboxylic acid groups (broad SMARTS) is 2. The van der Waals surface area contributed by atoms with E-state index in [0.29, 0.717) is 12.2 Å². The summed E-state index contributed by atoms with van der Waals surface area (Å²) in [6, 6.07) is 0. The second kappa shape index (κ2) is 14.5. The number of hydrogen-bond acceptors (Lipinski definition) is 7. The van der Waals surface area contributed by atoms with Crippen LogP contribution in [0.4, 0.5) is 0 Å². The van der Waals surface area contributed by atoms with Gasteiger partial charge in [0.2, 0.25) is 0 Å². The minimum Gasteiger partial charge on any atom is -0.478 e. The third-order valence-corrected chi connectivity index (χ3v) is 0.873. The summed E-state index contributed by atoms with van der Waals surface area (Å²) in [5.74, 6) is -2.51. The highest BCUT2D eigenvalue weighted by atomic mass is 16.9. The molecule has 0 saturated carbocycles. The SMILES string of the molecule is O=C(O)C=CC(=O)O.OCCONOCCO. The standard InChI is InChI=1S/C4H11NO4.C4H4O4/c6-1-3-8-5-9-4-2-7;5-3(6)1-2-4(7)8/h5-7H,1-4H2;1-2H,(H,5,6)(H,7,8). The number of nitrogens with one attached hydrogen (secondary N) is 1. The molecule has 0 fully saturated rings. The van der Waals surface area contributed by atoms with E-state index in [0.717, 1.165) is 0 Å². The fourth-order valence-corrected chi connectivity index (χ4v) is 0.359. The van der Waals surface area contributed by atoms with Gasteiger partial charge in [0.25, 0.3) is 0 Å². The van der Waals surface area contributed by atoms with Crippen LogP contribution >= 0.6 is 0 Å². The van der Waals surface area contributed by atoms with Crippen molar-refractivity contribution in [1.29, 1.82) is 0 Å². The summed E-state index contributed by atoms with van der Waals surface area (Å²) in [5.41, 5.74) is 2.07. The van der Waals surface area contributed by atoms with Crippen molar-refractivity contribution in [2.75, 3.05) is 26.4 Å². The maximum atomic E-state index is 9.55. The highest BCUT2D eigenvalue weighted by Crippen LogP contribution is 1.70. The zero-order valence-electron chi connectivity index (χ0n) is 8.90. The lowest BCUT2D eigenvalue weighted by molar-refractivity contribution is -0.178. The van der Waals surface area contributed by atoms with Crippen molar-refractivity contribution in [3.8, 4) is 0 Å². The molecule has 0 amide bonds. The van der Waals surface area contributed by atoms with Gasteiger partial charge in [-0.15, -0.1) is 0 Å². The maximum absolute atomic E-state index is 9.55. The Balaban J connectivity index is 0. The van der Waals surface area contributed by atoms with E-state index in [4.69, 9.17) is 20.4 Å². The predicted octanol–water partition coefficient (Wildman–Crippen LogP) is -1.86. The van der Waals surface area contributed by atoms with Crippen LogP contribution in [0, 0.1) is 0 Å². The lowest BCUT2D eigenvalue weighted by Crippen LogP contribution is -2.19. The molecule has 0 rings (SSSR count). The lowest BCUT2D eigenvalue weighted by atomic mass is 10.5. The number of hydrogen-bond donors (Lipinski definition) is 5. The predicted molar refractivity (Wildman–Crippen MR) is 53.6 cm³/mol. The number of aliphatic hydroxyl groups excluding tert-OH is 2. The Kier molecular flexibility index (Phi) is 15.2. The first-order valence-electron chi connectivity index (χ1n) is 4.38. The molecule has 0 radical (unpaired) electrons. The minimum absolute atomic E-state index is 0.0600. The summed E-state index contributed by atoms with van der Waals surface area (Å²) in [5, 5.41) is 31.9. The van der Waals surface area contributed by atoms with E-state index >= 15 is 0 Å². The molecule has 0 spiro atoms. The summed E-state index contributed by atoms with van der Waals surface area (Å²) in [4.78, 5) is 28.0. The Bertz CT molecular complexity index is 208. The molecule has 0 heterocycles. The van der Waals surface area contributed by atoms with Gasteiger partial charge in [0, 0.05) is 12.2 Å². The number of carboxylic acids is 2. The van der Waals surface area contributed by atoms with E-state index in [-0.39, 0.29) is 26.4 Å². The van der Waals surface area contributed by atoms with Crippen LogP contribution in [-0.4, -0.2) is 58.8 Å².